The van der Waals surface area contributed by atoms with E-state index in [9.17, 15) is 4.79 Å². The number of nitrogens with two attached hydrogens (primary N) is 2. The maximum absolute atomic E-state index is 11.0. The maximum atomic E-state index is 11.0. The molecule has 4 N–H and O–H groups in total. The lowest BCUT2D eigenvalue weighted by molar-refractivity contribution is -0.145. The van der Waals surface area contributed by atoms with Gasteiger partial charge in [-0.3, -0.25) is 4.79 Å². The van der Waals surface area contributed by atoms with Crippen molar-refractivity contribution in [2.45, 2.75) is 38.8 Å². The van der Waals surface area contributed by atoms with Gasteiger partial charge in [0.1, 0.15) is 6.04 Å². The van der Waals surface area contributed by atoms with Gasteiger partial charge in [-0.1, -0.05) is 13.3 Å². The quantitative estimate of drug-likeness (QED) is 0.454. The van der Waals surface area contributed by atoms with E-state index in [0.717, 1.165) is 12.8 Å². The van der Waals surface area contributed by atoms with Crippen LogP contribution in [0.15, 0.2) is 0 Å². The summed E-state index contributed by atoms with van der Waals surface area (Å²) < 4.78 is 4.86. The van der Waals surface area contributed by atoms with Crippen molar-refractivity contribution >= 4 is 5.97 Å². The van der Waals surface area contributed by atoms with E-state index >= 15 is 0 Å². The van der Waals surface area contributed by atoms with Crippen LogP contribution in [0.5, 0.6) is 0 Å². The molecule has 0 saturated heterocycles. The largest absolute Gasteiger partial charge is 0.464 e. The van der Waals surface area contributed by atoms with E-state index in [1.807, 2.05) is 6.92 Å². The second-order valence-electron chi connectivity index (χ2n) is 2.91. The number of carbonyl (C=O) groups is 1. The van der Waals surface area contributed by atoms with Crippen molar-refractivity contribution in [3.8, 4) is 0 Å². The summed E-state index contributed by atoms with van der Waals surface area (Å²) in [6, 6.07) is -1.04. The molecule has 0 bridgehead atoms. The highest BCUT2D eigenvalue weighted by Crippen LogP contribution is 1.93. The molecule has 0 rings (SSSR count). The summed E-state index contributed by atoms with van der Waals surface area (Å²) in [6.07, 6.45) is 1.87. The van der Waals surface area contributed by atoms with Gasteiger partial charge in [-0.05, 0) is 13.3 Å². The topological polar surface area (TPSA) is 78.3 Å². The summed E-state index contributed by atoms with van der Waals surface area (Å²) in [7, 11) is 0. The van der Waals surface area contributed by atoms with Gasteiger partial charge in [0.15, 0.2) is 0 Å². The Labute approximate surface area is 73.2 Å². The molecule has 0 aliphatic rings. The third-order valence-electron chi connectivity index (χ3n) is 1.58. The minimum Gasteiger partial charge on any atom is -0.464 e. The van der Waals surface area contributed by atoms with Gasteiger partial charge in [0.25, 0.3) is 0 Å². The predicted molar refractivity (Wildman–Crippen MR) is 47.5 cm³/mol. The van der Waals surface area contributed by atoms with Crippen molar-refractivity contribution in [2.24, 2.45) is 11.5 Å². The van der Waals surface area contributed by atoms with Crippen LogP contribution in [0.3, 0.4) is 0 Å². The summed E-state index contributed by atoms with van der Waals surface area (Å²) in [4.78, 5) is 11.0. The fraction of sp³-hybridized carbons (Fsp3) is 0.875. The van der Waals surface area contributed by atoms with Crippen molar-refractivity contribution < 1.29 is 9.53 Å². The van der Waals surface area contributed by atoms with E-state index in [4.69, 9.17) is 16.2 Å². The zero-order valence-corrected chi connectivity index (χ0v) is 7.75. The second-order valence-corrected chi connectivity index (χ2v) is 2.91. The van der Waals surface area contributed by atoms with Crippen LogP contribution >= 0.6 is 0 Å². The highest BCUT2D eigenvalue weighted by molar-refractivity contribution is 5.76. The molecule has 0 aliphatic heterocycles. The number of hydrogen-bond donors (Lipinski definition) is 2. The van der Waals surface area contributed by atoms with E-state index < -0.39 is 12.0 Å². The minimum atomic E-state index is -0.693. The molecule has 0 amide bonds. The molecule has 0 aromatic rings. The predicted octanol–water partition coefficient (Wildman–Crippen LogP) is 0.00420. The molecule has 0 aliphatic carbocycles. The first kappa shape index (κ1) is 11.4. The lowest BCUT2D eigenvalue weighted by Gasteiger charge is -2.13. The Kier molecular flexibility index (Phi) is 5.66. The highest BCUT2D eigenvalue weighted by Gasteiger charge is 2.18. The normalized spacial score (nSPS) is 15.3. The standard InChI is InChI=1S/C8H18N2O2/c1-3-4-5-12-8(11)7(10)6(2)9/h6-7H,3-5,9-10H2,1-2H3. The Morgan fingerprint density at radius 1 is 1.50 bits per heavy atom. The van der Waals surface area contributed by atoms with Gasteiger partial charge in [0, 0.05) is 6.04 Å². The first-order valence-corrected chi connectivity index (χ1v) is 4.27. The van der Waals surface area contributed by atoms with Crippen molar-refractivity contribution in [3.05, 3.63) is 0 Å². The molecule has 2 unspecified atom stereocenters. The third kappa shape index (κ3) is 4.31. The van der Waals surface area contributed by atoms with Crippen LogP contribution in [0.25, 0.3) is 0 Å². The van der Waals surface area contributed by atoms with Crippen LogP contribution in [0, 0.1) is 0 Å². The highest BCUT2D eigenvalue weighted by atomic mass is 16.5. The third-order valence-corrected chi connectivity index (χ3v) is 1.58. The summed E-state index contributed by atoms with van der Waals surface area (Å²) in [5, 5.41) is 0. The summed E-state index contributed by atoms with van der Waals surface area (Å²) >= 11 is 0. The molecule has 4 nitrogen and oxygen atoms in total. The molecule has 12 heavy (non-hydrogen) atoms. The van der Waals surface area contributed by atoms with Gasteiger partial charge >= 0.3 is 5.97 Å². The van der Waals surface area contributed by atoms with E-state index in [1.54, 1.807) is 6.92 Å². The Morgan fingerprint density at radius 2 is 2.08 bits per heavy atom. The number of unbranched alkanes of at least 4 members (excludes halogenated alkanes) is 1. The monoisotopic (exact) mass is 174 g/mol. The van der Waals surface area contributed by atoms with Gasteiger partial charge in [0.2, 0.25) is 0 Å². The lowest BCUT2D eigenvalue weighted by Crippen LogP contribution is -2.46. The SMILES string of the molecule is CCCCOC(=O)C(N)C(C)N. The lowest BCUT2D eigenvalue weighted by atomic mass is 10.2. The zero-order chi connectivity index (χ0) is 9.56. The first-order valence-electron chi connectivity index (χ1n) is 4.27. The molecule has 0 fully saturated rings. The van der Waals surface area contributed by atoms with E-state index in [2.05, 4.69) is 0 Å². The van der Waals surface area contributed by atoms with Crippen molar-refractivity contribution in [1.29, 1.82) is 0 Å². The van der Waals surface area contributed by atoms with Gasteiger partial charge < -0.3 is 16.2 Å². The molecular formula is C8H18N2O2. The van der Waals surface area contributed by atoms with Gasteiger partial charge in [-0.25, -0.2) is 0 Å². The van der Waals surface area contributed by atoms with Crippen LogP contribution < -0.4 is 11.5 Å². The fourth-order valence-corrected chi connectivity index (χ4v) is 0.628. The summed E-state index contributed by atoms with van der Waals surface area (Å²) in [5.74, 6) is -0.404. The molecule has 72 valence electrons. The maximum Gasteiger partial charge on any atom is 0.324 e. The zero-order valence-electron chi connectivity index (χ0n) is 7.75. The Morgan fingerprint density at radius 3 is 2.50 bits per heavy atom. The molecule has 4 heteroatoms. The fourth-order valence-electron chi connectivity index (χ4n) is 0.628. The van der Waals surface area contributed by atoms with E-state index in [0.29, 0.717) is 6.61 Å². The van der Waals surface area contributed by atoms with Gasteiger partial charge in [0.05, 0.1) is 6.61 Å². The molecule has 0 aromatic carbocycles. The minimum absolute atomic E-state index is 0.348. The van der Waals surface area contributed by atoms with Crippen LogP contribution in [-0.2, 0) is 9.53 Å². The van der Waals surface area contributed by atoms with Crippen LogP contribution in [0.4, 0.5) is 0 Å². The Balaban J connectivity index is 3.57. The number of esters is 1. The summed E-state index contributed by atoms with van der Waals surface area (Å²) in [6.45, 7) is 4.15. The van der Waals surface area contributed by atoms with Crippen molar-refractivity contribution in [3.63, 3.8) is 0 Å². The molecule has 0 saturated carbocycles. The Bertz CT molecular complexity index is 137. The number of rotatable bonds is 5. The molecule has 0 spiro atoms. The van der Waals surface area contributed by atoms with Crippen LogP contribution in [-0.4, -0.2) is 24.7 Å². The Hall–Kier alpha value is -0.610. The first-order chi connectivity index (χ1) is 5.59. The molecular weight excluding hydrogens is 156 g/mol. The number of hydrogen-bond acceptors (Lipinski definition) is 4. The number of ether oxygens (including phenoxy) is 1. The molecule has 0 radical (unpaired) electrons. The second kappa shape index (κ2) is 5.97. The molecule has 0 heterocycles. The van der Waals surface area contributed by atoms with Gasteiger partial charge in [-0.2, -0.15) is 0 Å². The summed E-state index contributed by atoms with van der Waals surface area (Å²) in [5.41, 5.74) is 10.9. The molecule has 0 aromatic heterocycles. The van der Waals surface area contributed by atoms with E-state index in [-0.39, 0.29) is 6.04 Å². The van der Waals surface area contributed by atoms with Gasteiger partial charge in [-0.15, -0.1) is 0 Å². The number of carbonyl (C=O) groups excluding carboxylic acids is 1. The van der Waals surface area contributed by atoms with E-state index in [1.165, 1.54) is 0 Å². The van der Waals surface area contributed by atoms with Crippen molar-refractivity contribution in [2.75, 3.05) is 6.61 Å². The van der Waals surface area contributed by atoms with Crippen LogP contribution in [0.1, 0.15) is 26.7 Å². The average molecular weight is 174 g/mol. The van der Waals surface area contributed by atoms with Crippen LogP contribution in [0.2, 0.25) is 0 Å². The smallest absolute Gasteiger partial charge is 0.324 e. The average Bonchev–Trinajstić information content (AvgIpc) is 2.03. The molecule has 2 atom stereocenters. The van der Waals surface area contributed by atoms with Crippen molar-refractivity contribution in [1.82, 2.24) is 0 Å².